The Morgan fingerprint density at radius 1 is 1.32 bits per heavy atom. The van der Waals surface area contributed by atoms with E-state index in [1.807, 2.05) is 11.0 Å². The van der Waals surface area contributed by atoms with Crippen LogP contribution in [0.2, 0.25) is 10.0 Å². The van der Waals surface area contributed by atoms with E-state index in [0.717, 1.165) is 18.4 Å². The van der Waals surface area contributed by atoms with Crippen LogP contribution in [-0.2, 0) is 9.59 Å². The molecule has 1 aliphatic heterocycles. The molecule has 2 rings (SSSR count). The summed E-state index contributed by atoms with van der Waals surface area (Å²) >= 11 is 11.9. The Morgan fingerprint density at radius 2 is 2.08 bits per heavy atom. The molecule has 1 unspecified atom stereocenters. The van der Waals surface area contributed by atoms with Crippen molar-refractivity contribution < 1.29 is 9.59 Å². The summed E-state index contributed by atoms with van der Waals surface area (Å²) in [6, 6.07) is 4.70. The second kappa shape index (κ2) is 9.07. The van der Waals surface area contributed by atoms with Gasteiger partial charge < -0.3 is 9.80 Å². The van der Waals surface area contributed by atoms with Crippen LogP contribution in [-0.4, -0.2) is 47.3 Å². The van der Waals surface area contributed by atoms with Crippen LogP contribution in [0.1, 0.15) is 25.3 Å². The fourth-order valence-electron chi connectivity index (χ4n) is 2.76. The van der Waals surface area contributed by atoms with Gasteiger partial charge in [-0.3, -0.25) is 9.59 Å². The Labute approximate surface area is 158 Å². The molecule has 0 spiro atoms. The van der Waals surface area contributed by atoms with E-state index in [0.29, 0.717) is 29.7 Å². The van der Waals surface area contributed by atoms with Crippen molar-refractivity contribution in [2.24, 2.45) is 0 Å². The van der Waals surface area contributed by atoms with E-state index in [1.165, 1.54) is 6.08 Å². The molecule has 1 aliphatic rings. The first-order valence-corrected chi connectivity index (χ1v) is 9.03. The molecule has 1 atom stereocenters. The van der Waals surface area contributed by atoms with E-state index in [4.69, 9.17) is 23.2 Å². The molecule has 0 aromatic heterocycles. The van der Waals surface area contributed by atoms with Gasteiger partial charge in [0.15, 0.2) is 0 Å². The van der Waals surface area contributed by atoms with Crippen molar-refractivity contribution in [1.29, 1.82) is 0 Å². The molecule has 0 N–H and O–H groups in total. The molecule has 0 saturated carbocycles. The smallest absolute Gasteiger partial charge is 0.247 e. The van der Waals surface area contributed by atoms with Crippen molar-refractivity contribution in [1.82, 2.24) is 9.80 Å². The fraction of sp³-hybridized carbons (Fsp3) is 0.368. The minimum Gasteiger partial charge on any atom is -0.339 e. The van der Waals surface area contributed by atoms with Crippen LogP contribution in [0.3, 0.4) is 0 Å². The average molecular weight is 381 g/mol. The van der Waals surface area contributed by atoms with Crippen LogP contribution in [0.25, 0.3) is 6.08 Å². The molecular weight excluding hydrogens is 359 g/mol. The maximum Gasteiger partial charge on any atom is 0.247 e. The van der Waals surface area contributed by atoms with Gasteiger partial charge in [-0.2, -0.15) is 0 Å². The summed E-state index contributed by atoms with van der Waals surface area (Å²) in [5, 5.41) is 0.907. The molecule has 1 fully saturated rings. The summed E-state index contributed by atoms with van der Waals surface area (Å²) < 4.78 is 0. The van der Waals surface area contributed by atoms with Crippen molar-refractivity contribution in [3.63, 3.8) is 0 Å². The lowest BCUT2D eigenvalue weighted by molar-refractivity contribution is -0.148. The van der Waals surface area contributed by atoms with Gasteiger partial charge in [-0.05, 0) is 43.5 Å². The van der Waals surface area contributed by atoms with Crippen molar-refractivity contribution in [2.75, 3.05) is 19.6 Å². The molecule has 0 bridgehead atoms. The lowest BCUT2D eigenvalue weighted by Gasteiger charge is -2.38. The number of nitrogens with zero attached hydrogens (tertiary/aromatic N) is 2. The Bertz CT molecular complexity index is 688. The third kappa shape index (κ3) is 5.10. The molecule has 1 aromatic rings. The van der Waals surface area contributed by atoms with Crippen molar-refractivity contribution >= 4 is 41.1 Å². The van der Waals surface area contributed by atoms with Gasteiger partial charge in [0.25, 0.3) is 0 Å². The minimum absolute atomic E-state index is 0.00778. The number of hydrogen-bond acceptors (Lipinski definition) is 2. The molecule has 1 saturated heterocycles. The van der Waals surface area contributed by atoms with E-state index in [9.17, 15) is 9.59 Å². The van der Waals surface area contributed by atoms with E-state index in [1.54, 1.807) is 36.1 Å². The topological polar surface area (TPSA) is 40.6 Å². The standard InChI is InChI=1S/C19H22Cl2N2O2/c1-3-4-5-10-22-11-12-23(14(2)19(22)25)18(24)9-7-15-6-8-16(20)17(21)13-15/h3,6-9,13-14H,1,4-5,10-12H2,2H3/b9-7+. The molecule has 1 heterocycles. The van der Waals surface area contributed by atoms with Gasteiger partial charge >= 0.3 is 0 Å². The molecule has 6 heteroatoms. The zero-order valence-corrected chi connectivity index (χ0v) is 15.8. The lowest BCUT2D eigenvalue weighted by atomic mass is 10.1. The second-order valence-corrected chi connectivity index (χ2v) is 6.79. The zero-order valence-electron chi connectivity index (χ0n) is 14.3. The first kappa shape index (κ1) is 19.5. The van der Waals surface area contributed by atoms with Crippen molar-refractivity contribution in [3.8, 4) is 0 Å². The van der Waals surface area contributed by atoms with Gasteiger partial charge in [-0.15, -0.1) is 6.58 Å². The van der Waals surface area contributed by atoms with E-state index in [2.05, 4.69) is 6.58 Å². The SMILES string of the molecule is C=CCCCN1CCN(C(=O)/C=C/c2ccc(Cl)c(Cl)c2)C(C)C1=O. The van der Waals surface area contributed by atoms with Crippen LogP contribution in [0.4, 0.5) is 0 Å². The highest BCUT2D eigenvalue weighted by atomic mass is 35.5. The summed E-state index contributed by atoms with van der Waals surface area (Å²) in [4.78, 5) is 28.3. The lowest BCUT2D eigenvalue weighted by Crippen LogP contribution is -2.57. The number of amides is 2. The molecular formula is C19H22Cl2N2O2. The van der Waals surface area contributed by atoms with Crippen LogP contribution in [0, 0.1) is 0 Å². The Kier molecular flexibility index (Phi) is 7.09. The molecule has 134 valence electrons. The Balaban J connectivity index is 1.98. The third-order valence-corrected chi connectivity index (χ3v) is 4.97. The highest BCUT2D eigenvalue weighted by molar-refractivity contribution is 6.42. The minimum atomic E-state index is -0.455. The molecule has 0 aliphatic carbocycles. The molecule has 0 radical (unpaired) electrons. The van der Waals surface area contributed by atoms with Crippen molar-refractivity contribution in [3.05, 3.63) is 52.5 Å². The first-order valence-electron chi connectivity index (χ1n) is 8.27. The Hall–Kier alpha value is -1.78. The number of carbonyl (C=O) groups excluding carboxylic acids is 2. The summed E-state index contributed by atoms with van der Waals surface area (Å²) in [5.41, 5.74) is 0.782. The fourth-order valence-corrected chi connectivity index (χ4v) is 3.07. The number of hydrogen-bond donors (Lipinski definition) is 0. The number of halogens is 2. The molecule has 2 amide bonds. The van der Waals surface area contributed by atoms with E-state index in [-0.39, 0.29) is 11.8 Å². The first-order chi connectivity index (χ1) is 11.9. The van der Waals surface area contributed by atoms with Gasteiger partial charge in [-0.25, -0.2) is 0 Å². The van der Waals surface area contributed by atoms with Gasteiger partial charge in [-0.1, -0.05) is 35.3 Å². The predicted molar refractivity (Wildman–Crippen MR) is 103 cm³/mol. The number of carbonyl (C=O) groups is 2. The van der Waals surface area contributed by atoms with Crippen LogP contribution in [0.15, 0.2) is 36.9 Å². The summed E-state index contributed by atoms with van der Waals surface area (Å²) in [6.45, 7) is 7.26. The predicted octanol–water partition coefficient (Wildman–Crippen LogP) is 4.03. The summed E-state index contributed by atoms with van der Waals surface area (Å²) in [5.74, 6) is -0.190. The summed E-state index contributed by atoms with van der Waals surface area (Å²) in [6.07, 6.45) is 6.77. The maximum absolute atomic E-state index is 12.4. The van der Waals surface area contributed by atoms with E-state index < -0.39 is 6.04 Å². The number of benzene rings is 1. The second-order valence-electron chi connectivity index (χ2n) is 5.97. The molecule has 4 nitrogen and oxygen atoms in total. The number of rotatable bonds is 6. The van der Waals surface area contributed by atoms with Crippen molar-refractivity contribution in [2.45, 2.75) is 25.8 Å². The average Bonchev–Trinajstić information content (AvgIpc) is 2.59. The number of unbranched alkanes of at least 4 members (excludes halogenated alkanes) is 1. The normalized spacial score (nSPS) is 18.0. The number of allylic oxidation sites excluding steroid dienone is 1. The van der Waals surface area contributed by atoms with Gasteiger partial charge in [0.2, 0.25) is 11.8 Å². The molecule has 1 aromatic carbocycles. The Morgan fingerprint density at radius 3 is 2.76 bits per heavy atom. The largest absolute Gasteiger partial charge is 0.339 e. The van der Waals surface area contributed by atoms with Gasteiger partial charge in [0.05, 0.1) is 10.0 Å². The van der Waals surface area contributed by atoms with Crippen LogP contribution in [0.5, 0.6) is 0 Å². The van der Waals surface area contributed by atoms with Crippen LogP contribution < -0.4 is 0 Å². The maximum atomic E-state index is 12.4. The number of piperazine rings is 1. The van der Waals surface area contributed by atoms with Crippen LogP contribution >= 0.6 is 23.2 Å². The van der Waals surface area contributed by atoms with Gasteiger partial charge in [0, 0.05) is 25.7 Å². The monoisotopic (exact) mass is 380 g/mol. The zero-order chi connectivity index (χ0) is 18.4. The summed E-state index contributed by atoms with van der Waals surface area (Å²) in [7, 11) is 0. The highest BCUT2D eigenvalue weighted by Gasteiger charge is 2.32. The quantitative estimate of drug-likeness (QED) is 0.424. The van der Waals surface area contributed by atoms with Gasteiger partial charge in [0.1, 0.15) is 6.04 Å². The highest BCUT2D eigenvalue weighted by Crippen LogP contribution is 2.23. The molecule has 25 heavy (non-hydrogen) atoms. The van der Waals surface area contributed by atoms with E-state index >= 15 is 0 Å². The third-order valence-electron chi connectivity index (χ3n) is 4.23.